The lowest BCUT2D eigenvalue weighted by Gasteiger charge is -2.15. The number of aliphatic hydroxyl groups is 1. The number of halogens is 5. The zero-order chi connectivity index (χ0) is 13.1. The van der Waals surface area contributed by atoms with Crippen molar-refractivity contribution in [2.45, 2.75) is 18.8 Å². The molecule has 1 rings (SSSR count). The van der Waals surface area contributed by atoms with Crippen LogP contribution in [0.4, 0.5) is 17.6 Å². The summed E-state index contributed by atoms with van der Waals surface area (Å²) < 4.78 is 49.3. The van der Waals surface area contributed by atoms with E-state index >= 15 is 0 Å². The van der Waals surface area contributed by atoms with Gasteiger partial charge in [0.1, 0.15) is 5.82 Å². The van der Waals surface area contributed by atoms with Crippen molar-refractivity contribution in [3.63, 3.8) is 0 Å². The van der Waals surface area contributed by atoms with E-state index in [-0.39, 0.29) is 6.54 Å². The van der Waals surface area contributed by atoms with Gasteiger partial charge in [-0.05, 0) is 23.8 Å². The Hall–Kier alpha value is -0.660. The zero-order valence-corrected chi connectivity index (χ0v) is 10.1. The number of hydrogen-bond acceptors (Lipinski definition) is 2. The Bertz CT molecular complexity index is 383. The first-order valence-electron chi connectivity index (χ1n) is 4.70. The van der Waals surface area contributed by atoms with Gasteiger partial charge in [0, 0.05) is 17.6 Å². The highest BCUT2D eigenvalue weighted by Gasteiger charge is 2.37. The van der Waals surface area contributed by atoms with Crippen molar-refractivity contribution in [3.05, 3.63) is 34.1 Å². The molecule has 0 heterocycles. The van der Waals surface area contributed by atoms with E-state index < -0.39 is 24.6 Å². The predicted octanol–water partition coefficient (Wildman–Crippen LogP) is 2.60. The molecule has 0 spiro atoms. The van der Waals surface area contributed by atoms with E-state index in [4.69, 9.17) is 5.11 Å². The van der Waals surface area contributed by atoms with E-state index in [1.807, 2.05) is 0 Å². The van der Waals surface area contributed by atoms with Gasteiger partial charge in [0.25, 0.3) is 0 Å². The lowest BCUT2D eigenvalue weighted by Crippen LogP contribution is -2.38. The molecule has 17 heavy (non-hydrogen) atoms. The fourth-order valence-corrected chi connectivity index (χ4v) is 1.52. The third-order valence-electron chi connectivity index (χ3n) is 2.04. The maximum Gasteiger partial charge on any atom is 0.415 e. The van der Waals surface area contributed by atoms with Gasteiger partial charge in [0.05, 0.1) is 0 Å². The molecule has 1 atom stereocenters. The summed E-state index contributed by atoms with van der Waals surface area (Å²) in [6.45, 7) is -0.599. The van der Waals surface area contributed by atoms with Crippen LogP contribution in [0.15, 0.2) is 22.7 Å². The second-order valence-corrected chi connectivity index (χ2v) is 4.28. The molecule has 2 N–H and O–H groups in total. The highest BCUT2D eigenvalue weighted by molar-refractivity contribution is 9.10. The maximum absolute atomic E-state index is 12.8. The van der Waals surface area contributed by atoms with Gasteiger partial charge in [0.15, 0.2) is 6.10 Å². The molecule has 0 saturated heterocycles. The monoisotopic (exact) mass is 315 g/mol. The minimum absolute atomic E-state index is 0.0332. The summed E-state index contributed by atoms with van der Waals surface area (Å²) in [6.07, 6.45) is -7.07. The lowest BCUT2D eigenvalue weighted by atomic mass is 10.2. The molecule has 0 aliphatic carbocycles. The second-order valence-electron chi connectivity index (χ2n) is 3.42. The van der Waals surface area contributed by atoms with Gasteiger partial charge in [-0.25, -0.2) is 4.39 Å². The largest absolute Gasteiger partial charge is 0.415 e. The van der Waals surface area contributed by atoms with Crippen molar-refractivity contribution in [1.29, 1.82) is 0 Å². The third kappa shape index (κ3) is 4.61. The topological polar surface area (TPSA) is 32.3 Å². The van der Waals surface area contributed by atoms with Crippen LogP contribution in [0.1, 0.15) is 5.56 Å². The number of nitrogens with one attached hydrogen (secondary N) is 1. The smallest absolute Gasteiger partial charge is 0.382 e. The maximum atomic E-state index is 12.8. The normalized spacial score (nSPS) is 13.8. The van der Waals surface area contributed by atoms with Gasteiger partial charge >= 0.3 is 6.18 Å². The quantitative estimate of drug-likeness (QED) is 0.837. The fourth-order valence-electron chi connectivity index (χ4n) is 1.14. The first-order chi connectivity index (χ1) is 7.80. The molecule has 1 unspecified atom stereocenters. The average molecular weight is 316 g/mol. The molecule has 0 fully saturated rings. The van der Waals surface area contributed by atoms with Crippen LogP contribution < -0.4 is 5.32 Å². The summed E-state index contributed by atoms with van der Waals surface area (Å²) in [5.74, 6) is -0.471. The standard InChI is InChI=1S/C10H10BrF4NO/c11-8-2-1-7(12)3-6(8)4-16-5-9(17)10(13,14)15/h1-3,9,16-17H,4-5H2. The van der Waals surface area contributed by atoms with E-state index in [0.29, 0.717) is 10.0 Å². The molecule has 0 bridgehead atoms. The molecule has 1 aromatic rings. The molecular formula is C10H10BrF4NO. The van der Waals surface area contributed by atoms with Gasteiger partial charge in [0.2, 0.25) is 0 Å². The van der Waals surface area contributed by atoms with Crippen LogP contribution in [0.25, 0.3) is 0 Å². The molecule has 0 aromatic heterocycles. The molecule has 0 aliphatic rings. The Labute approximate surface area is 104 Å². The van der Waals surface area contributed by atoms with Crippen LogP contribution in [-0.2, 0) is 6.54 Å². The van der Waals surface area contributed by atoms with Crippen molar-refractivity contribution in [2.75, 3.05) is 6.54 Å². The second kappa shape index (κ2) is 5.79. The van der Waals surface area contributed by atoms with Crippen LogP contribution in [0.5, 0.6) is 0 Å². The molecule has 96 valence electrons. The summed E-state index contributed by atoms with van der Waals surface area (Å²) in [4.78, 5) is 0. The summed E-state index contributed by atoms with van der Waals surface area (Å²) in [6, 6.07) is 3.90. The first kappa shape index (κ1) is 14.4. The van der Waals surface area contributed by atoms with Crippen molar-refractivity contribution >= 4 is 15.9 Å². The van der Waals surface area contributed by atoms with Gasteiger partial charge in [-0.2, -0.15) is 13.2 Å². The highest BCUT2D eigenvalue weighted by atomic mass is 79.9. The third-order valence-corrected chi connectivity index (χ3v) is 2.81. The van der Waals surface area contributed by atoms with Crippen LogP contribution in [0, 0.1) is 5.82 Å². The molecule has 0 aliphatic heterocycles. The van der Waals surface area contributed by atoms with Crippen molar-refractivity contribution in [2.24, 2.45) is 0 Å². The van der Waals surface area contributed by atoms with Crippen molar-refractivity contribution in [3.8, 4) is 0 Å². The van der Waals surface area contributed by atoms with E-state index in [2.05, 4.69) is 21.2 Å². The van der Waals surface area contributed by atoms with Crippen molar-refractivity contribution < 1.29 is 22.7 Å². The molecule has 0 radical (unpaired) electrons. The van der Waals surface area contributed by atoms with E-state index in [0.717, 1.165) is 0 Å². The number of benzene rings is 1. The molecule has 1 aromatic carbocycles. The van der Waals surface area contributed by atoms with Crippen LogP contribution >= 0.6 is 15.9 Å². The van der Waals surface area contributed by atoms with Crippen LogP contribution in [0.2, 0.25) is 0 Å². The number of rotatable bonds is 4. The number of alkyl halides is 3. The number of aliphatic hydroxyl groups excluding tert-OH is 1. The molecular weight excluding hydrogens is 306 g/mol. The molecule has 2 nitrogen and oxygen atoms in total. The lowest BCUT2D eigenvalue weighted by molar-refractivity contribution is -0.201. The van der Waals surface area contributed by atoms with Gasteiger partial charge in [-0.1, -0.05) is 15.9 Å². The van der Waals surface area contributed by atoms with Gasteiger partial charge < -0.3 is 10.4 Å². The van der Waals surface area contributed by atoms with Gasteiger partial charge in [-0.3, -0.25) is 0 Å². The highest BCUT2D eigenvalue weighted by Crippen LogP contribution is 2.20. The Balaban J connectivity index is 2.49. The van der Waals surface area contributed by atoms with E-state index in [9.17, 15) is 17.6 Å². The van der Waals surface area contributed by atoms with Crippen LogP contribution in [-0.4, -0.2) is 23.9 Å². The SMILES string of the molecule is OC(CNCc1cc(F)ccc1Br)C(F)(F)F. The zero-order valence-electron chi connectivity index (χ0n) is 8.56. The Morgan fingerprint density at radius 3 is 2.59 bits per heavy atom. The minimum Gasteiger partial charge on any atom is -0.382 e. The molecule has 7 heteroatoms. The average Bonchev–Trinajstić information content (AvgIpc) is 2.21. The fraction of sp³-hybridized carbons (Fsp3) is 0.400. The molecule has 0 amide bonds. The summed E-state index contributed by atoms with van der Waals surface area (Å²) >= 11 is 3.15. The Morgan fingerprint density at radius 2 is 2.00 bits per heavy atom. The Kier molecular flexibility index (Phi) is 4.91. The van der Waals surface area contributed by atoms with E-state index in [1.54, 1.807) is 0 Å². The van der Waals surface area contributed by atoms with Crippen molar-refractivity contribution in [1.82, 2.24) is 5.32 Å². The minimum atomic E-state index is -4.65. The summed E-state index contributed by atoms with van der Waals surface area (Å²) in [5.41, 5.74) is 0.486. The summed E-state index contributed by atoms with van der Waals surface area (Å²) in [5, 5.41) is 11.1. The molecule has 0 saturated carbocycles. The van der Waals surface area contributed by atoms with Crippen LogP contribution in [0.3, 0.4) is 0 Å². The first-order valence-corrected chi connectivity index (χ1v) is 5.49. The number of hydrogen-bond donors (Lipinski definition) is 2. The summed E-state index contributed by atoms with van der Waals surface area (Å²) in [7, 11) is 0. The predicted molar refractivity (Wildman–Crippen MR) is 57.9 cm³/mol. The Morgan fingerprint density at radius 1 is 1.35 bits per heavy atom. The van der Waals surface area contributed by atoms with Gasteiger partial charge in [-0.15, -0.1) is 0 Å². The van der Waals surface area contributed by atoms with E-state index in [1.165, 1.54) is 18.2 Å².